The lowest BCUT2D eigenvalue weighted by molar-refractivity contribution is -0.140. The normalized spacial score (nSPS) is 19.4. The van der Waals surface area contributed by atoms with E-state index in [1.165, 1.54) is 31.4 Å². The number of esters is 1. The maximum absolute atomic E-state index is 12.5. The van der Waals surface area contributed by atoms with Crippen LogP contribution < -0.4 is 0 Å². The van der Waals surface area contributed by atoms with Crippen molar-refractivity contribution in [3.63, 3.8) is 0 Å². The summed E-state index contributed by atoms with van der Waals surface area (Å²) in [6, 6.07) is 4.32. The summed E-state index contributed by atoms with van der Waals surface area (Å²) in [5.41, 5.74) is 0.102. The third-order valence-electron chi connectivity index (χ3n) is 3.35. The first-order chi connectivity index (χ1) is 9.87. The third-order valence-corrected chi connectivity index (χ3v) is 5.25. The quantitative estimate of drug-likeness (QED) is 0.822. The van der Waals surface area contributed by atoms with Gasteiger partial charge in [0.05, 0.1) is 17.6 Å². The number of aliphatic carboxylic acids is 1. The van der Waals surface area contributed by atoms with Gasteiger partial charge in [-0.1, -0.05) is 6.07 Å². The molecule has 1 atom stereocenters. The number of carboxylic acids is 1. The largest absolute Gasteiger partial charge is 0.480 e. The van der Waals surface area contributed by atoms with Gasteiger partial charge in [-0.15, -0.1) is 0 Å². The minimum Gasteiger partial charge on any atom is -0.480 e. The number of ether oxygens (including phenoxy) is 1. The summed E-state index contributed by atoms with van der Waals surface area (Å²) in [5.74, 6) is -1.82. The van der Waals surface area contributed by atoms with Crippen molar-refractivity contribution in [3.05, 3.63) is 29.8 Å². The summed E-state index contributed by atoms with van der Waals surface area (Å²) >= 11 is 0. The molecule has 0 unspecified atom stereocenters. The molecule has 0 aromatic heterocycles. The zero-order valence-electron chi connectivity index (χ0n) is 11.4. The fourth-order valence-electron chi connectivity index (χ4n) is 2.31. The van der Waals surface area contributed by atoms with E-state index >= 15 is 0 Å². The maximum Gasteiger partial charge on any atom is 0.337 e. The maximum atomic E-state index is 12.5. The number of methoxy groups -OCH3 is 1. The van der Waals surface area contributed by atoms with Gasteiger partial charge in [0.1, 0.15) is 6.04 Å². The average Bonchev–Trinajstić information content (AvgIpc) is 2.97. The van der Waals surface area contributed by atoms with E-state index in [0.29, 0.717) is 6.42 Å². The smallest absolute Gasteiger partial charge is 0.337 e. The third kappa shape index (κ3) is 2.91. The Morgan fingerprint density at radius 3 is 2.71 bits per heavy atom. The average molecular weight is 313 g/mol. The first-order valence-electron chi connectivity index (χ1n) is 6.31. The number of carboxylic acid groups (broad SMARTS) is 1. The van der Waals surface area contributed by atoms with E-state index in [0.717, 1.165) is 4.31 Å². The second-order valence-corrected chi connectivity index (χ2v) is 6.52. The van der Waals surface area contributed by atoms with Gasteiger partial charge in [-0.25, -0.2) is 13.2 Å². The Balaban J connectivity index is 2.40. The lowest BCUT2D eigenvalue weighted by Crippen LogP contribution is -2.40. The van der Waals surface area contributed by atoms with E-state index in [1.807, 2.05) is 0 Å². The number of hydrogen-bond donors (Lipinski definition) is 1. The Kier molecular flexibility index (Phi) is 4.29. The van der Waals surface area contributed by atoms with Crippen molar-refractivity contribution < 1.29 is 27.9 Å². The van der Waals surface area contributed by atoms with Crippen LogP contribution in [0.5, 0.6) is 0 Å². The number of nitrogens with zero attached hydrogens (tertiary/aromatic N) is 1. The van der Waals surface area contributed by atoms with Crippen LogP contribution in [0.3, 0.4) is 0 Å². The summed E-state index contributed by atoms with van der Waals surface area (Å²) < 4.78 is 30.6. The van der Waals surface area contributed by atoms with Gasteiger partial charge in [-0.3, -0.25) is 4.79 Å². The molecule has 1 N–H and O–H groups in total. The van der Waals surface area contributed by atoms with Gasteiger partial charge in [0.15, 0.2) is 0 Å². The van der Waals surface area contributed by atoms with Gasteiger partial charge in [0.2, 0.25) is 10.0 Å². The molecule has 0 amide bonds. The van der Waals surface area contributed by atoms with Crippen LogP contribution in [0.4, 0.5) is 0 Å². The van der Waals surface area contributed by atoms with Gasteiger partial charge >= 0.3 is 11.9 Å². The van der Waals surface area contributed by atoms with Gasteiger partial charge in [-0.2, -0.15) is 4.31 Å². The number of carbonyl (C=O) groups excluding carboxylic acids is 1. The highest BCUT2D eigenvalue weighted by atomic mass is 32.2. The highest BCUT2D eigenvalue weighted by Crippen LogP contribution is 2.26. The van der Waals surface area contributed by atoms with E-state index < -0.39 is 28.0 Å². The molecule has 8 heteroatoms. The topological polar surface area (TPSA) is 101 Å². The van der Waals surface area contributed by atoms with Crippen molar-refractivity contribution in [2.75, 3.05) is 13.7 Å². The SMILES string of the molecule is COC(=O)c1cccc(S(=O)(=O)N2CCC[C@H]2C(=O)O)c1. The van der Waals surface area contributed by atoms with Gasteiger partial charge in [0, 0.05) is 6.54 Å². The van der Waals surface area contributed by atoms with E-state index in [4.69, 9.17) is 5.11 Å². The predicted octanol–water partition coefficient (Wildman–Crippen LogP) is 0.711. The molecule has 1 saturated heterocycles. The molecule has 21 heavy (non-hydrogen) atoms. The molecule has 1 aromatic rings. The molecular formula is C13H15NO6S. The minimum absolute atomic E-state index is 0.102. The number of carbonyl (C=O) groups is 2. The molecule has 0 spiro atoms. The molecule has 0 saturated carbocycles. The molecule has 7 nitrogen and oxygen atoms in total. The fourth-order valence-corrected chi connectivity index (χ4v) is 4.01. The first kappa shape index (κ1) is 15.5. The fraction of sp³-hybridized carbons (Fsp3) is 0.385. The predicted molar refractivity (Wildman–Crippen MR) is 72.3 cm³/mol. The second-order valence-electron chi connectivity index (χ2n) is 4.63. The van der Waals surface area contributed by atoms with Crippen molar-refractivity contribution in [1.82, 2.24) is 4.31 Å². The van der Waals surface area contributed by atoms with Crippen LogP contribution in [0.15, 0.2) is 29.2 Å². The van der Waals surface area contributed by atoms with Crippen LogP contribution in [0, 0.1) is 0 Å². The highest BCUT2D eigenvalue weighted by Gasteiger charge is 2.39. The number of rotatable bonds is 4. The van der Waals surface area contributed by atoms with Crippen molar-refractivity contribution in [2.45, 2.75) is 23.8 Å². The van der Waals surface area contributed by atoms with Crippen molar-refractivity contribution in [1.29, 1.82) is 0 Å². The highest BCUT2D eigenvalue weighted by molar-refractivity contribution is 7.89. The molecule has 1 heterocycles. The molecule has 2 rings (SSSR count). The molecule has 1 aromatic carbocycles. The Morgan fingerprint density at radius 2 is 2.10 bits per heavy atom. The lowest BCUT2D eigenvalue weighted by atomic mass is 10.2. The van der Waals surface area contributed by atoms with Crippen molar-refractivity contribution >= 4 is 22.0 Å². The number of hydrogen-bond acceptors (Lipinski definition) is 5. The first-order valence-corrected chi connectivity index (χ1v) is 7.75. The van der Waals surface area contributed by atoms with Crippen LogP contribution in [0.25, 0.3) is 0 Å². The second kappa shape index (κ2) is 5.82. The molecule has 1 aliphatic heterocycles. The van der Waals surface area contributed by atoms with E-state index in [9.17, 15) is 18.0 Å². The summed E-state index contributed by atoms with van der Waals surface area (Å²) in [6.45, 7) is 0.155. The molecule has 0 bridgehead atoms. The van der Waals surface area contributed by atoms with Crippen LogP contribution in [-0.2, 0) is 19.6 Å². The summed E-state index contributed by atoms with van der Waals surface area (Å²) in [7, 11) is -2.75. The zero-order valence-corrected chi connectivity index (χ0v) is 12.2. The Bertz CT molecular complexity index is 669. The van der Waals surface area contributed by atoms with Crippen LogP contribution >= 0.6 is 0 Å². The standard InChI is InChI=1S/C13H15NO6S/c1-20-13(17)9-4-2-5-10(8-9)21(18,19)14-7-3-6-11(14)12(15)16/h2,4-5,8,11H,3,6-7H2,1H3,(H,15,16)/t11-/m0/s1. The number of benzene rings is 1. The van der Waals surface area contributed by atoms with Gasteiger partial charge in [-0.05, 0) is 31.0 Å². The Labute approximate surface area is 122 Å². The Hall–Kier alpha value is -1.93. The van der Waals surface area contributed by atoms with Crippen LogP contribution in [0.2, 0.25) is 0 Å². The monoisotopic (exact) mass is 313 g/mol. The van der Waals surface area contributed by atoms with Crippen molar-refractivity contribution in [2.24, 2.45) is 0 Å². The van der Waals surface area contributed by atoms with E-state index in [1.54, 1.807) is 0 Å². The zero-order chi connectivity index (χ0) is 15.6. The summed E-state index contributed by atoms with van der Waals surface area (Å²) in [4.78, 5) is 22.5. The molecule has 0 aliphatic carbocycles. The molecule has 1 aliphatic rings. The summed E-state index contributed by atoms with van der Waals surface area (Å²) in [6.07, 6.45) is 0.776. The van der Waals surface area contributed by atoms with Crippen molar-refractivity contribution in [3.8, 4) is 0 Å². The Morgan fingerprint density at radius 1 is 1.38 bits per heavy atom. The van der Waals surface area contributed by atoms with Gasteiger partial charge < -0.3 is 9.84 Å². The number of sulfonamides is 1. The lowest BCUT2D eigenvalue weighted by Gasteiger charge is -2.21. The minimum atomic E-state index is -3.95. The van der Waals surface area contributed by atoms with E-state index in [2.05, 4.69) is 4.74 Å². The molecule has 114 valence electrons. The van der Waals surface area contributed by atoms with E-state index in [-0.39, 0.29) is 23.4 Å². The van der Waals surface area contributed by atoms with Gasteiger partial charge in [0.25, 0.3) is 0 Å². The summed E-state index contributed by atoms with van der Waals surface area (Å²) in [5, 5.41) is 9.09. The molecular weight excluding hydrogens is 298 g/mol. The molecule has 1 fully saturated rings. The molecule has 0 radical (unpaired) electrons. The van der Waals surface area contributed by atoms with Crippen LogP contribution in [-0.4, -0.2) is 49.5 Å². The van der Waals surface area contributed by atoms with Crippen LogP contribution in [0.1, 0.15) is 23.2 Å².